The maximum absolute atomic E-state index is 11.7. The molecule has 13 heteroatoms. The van der Waals surface area contributed by atoms with Crippen LogP contribution in [0.5, 0.6) is 0 Å². The van der Waals surface area contributed by atoms with Crippen LogP contribution in [0.2, 0.25) is 10.3 Å². The van der Waals surface area contributed by atoms with Gasteiger partial charge in [0.2, 0.25) is 0 Å². The summed E-state index contributed by atoms with van der Waals surface area (Å²) in [6, 6.07) is 0. The largest absolute Gasteiger partial charge is 0.356 e. The van der Waals surface area contributed by atoms with Gasteiger partial charge in [0.25, 0.3) is 0 Å². The number of aromatic nitrogens is 4. The second kappa shape index (κ2) is 11.4. The lowest BCUT2D eigenvalue weighted by Gasteiger charge is -2.53. The average molecular weight is 598 g/mol. The fraction of sp³-hybridized carbons (Fsp3) is 0.600. The van der Waals surface area contributed by atoms with Crippen LogP contribution < -0.4 is 9.80 Å². The molecule has 0 bridgehead atoms. The Morgan fingerprint density at radius 1 is 0.711 bits per heavy atom. The number of piperazine rings is 1. The van der Waals surface area contributed by atoms with Crippen molar-refractivity contribution in [2.75, 3.05) is 74.7 Å². The SMILES string of the molecule is CSc1nc(Cl)c(C=O)c(N2CCC3(CC2)CC[N+]2(CCN(c4nc(SC)nc(Cl)c4C=O)CC2)CC3)n1. The molecular formula is C25H32Cl2N7O2S2+. The summed E-state index contributed by atoms with van der Waals surface area (Å²) in [7, 11) is 0. The third-order valence-electron chi connectivity index (χ3n) is 8.66. The first-order valence-electron chi connectivity index (χ1n) is 12.8. The number of hydrogen-bond donors (Lipinski definition) is 0. The van der Waals surface area contributed by atoms with E-state index < -0.39 is 0 Å². The minimum absolute atomic E-state index is 0.226. The highest BCUT2D eigenvalue weighted by Crippen LogP contribution is 2.45. The van der Waals surface area contributed by atoms with E-state index in [9.17, 15) is 9.59 Å². The number of rotatable bonds is 6. The van der Waals surface area contributed by atoms with E-state index in [1.54, 1.807) is 0 Å². The molecule has 0 saturated carbocycles. The van der Waals surface area contributed by atoms with Crippen molar-refractivity contribution in [2.24, 2.45) is 5.41 Å². The van der Waals surface area contributed by atoms with Crippen LogP contribution in [0.15, 0.2) is 10.3 Å². The maximum atomic E-state index is 11.7. The summed E-state index contributed by atoms with van der Waals surface area (Å²) in [6.07, 6.45) is 9.96. The van der Waals surface area contributed by atoms with Gasteiger partial charge in [-0.05, 0) is 30.8 Å². The number of thioether (sulfide) groups is 2. The fourth-order valence-corrected chi connectivity index (χ4v) is 7.36. The fourth-order valence-electron chi connectivity index (χ4n) is 6.12. The molecule has 0 aromatic carbocycles. The molecule has 9 nitrogen and oxygen atoms in total. The lowest BCUT2D eigenvalue weighted by Crippen LogP contribution is -2.64. The number of carbonyl (C=O) groups excluding carboxylic acids is 2. The molecule has 5 rings (SSSR count). The summed E-state index contributed by atoms with van der Waals surface area (Å²) < 4.78 is 1.13. The molecule has 38 heavy (non-hydrogen) atoms. The van der Waals surface area contributed by atoms with E-state index in [2.05, 4.69) is 29.7 Å². The van der Waals surface area contributed by atoms with Crippen molar-refractivity contribution < 1.29 is 14.1 Å². The van der Waals surface area contributed by atoms with E-state index in [1.165, 1.54) is 49.5 Å². The van der Waals surface area contributed by atoms with E-state index in [1.807, 2.05) is 12.5 Å². The molecule has 3 aliphatic rings. The zero-order valence-electron chi connectivity index (χ0n) is 21.7. The Bertz CT molecular complexity index is 1110. The molecule has 0 aliphatic carbocycles. The number of anilines is 2. The number of nitrogens with zero attached hydrogens (tertiary/aromatic N) is 7. The quantitative estimate of drug-likeness (QED) is 0.157. The van der Waals surface area contributed by atoms with E-state index in [-0.39, 0.29) is 10.3 Å². The van der Waals surface area contributed by atoms with Gasteiger partial charge in [0.05, 0.1) is 50.4 Å². The Kier molecular flexibility index (Phi) is 8.40. The summed E-state index contributed by atoms with van der Waals surface area (Å²) >= 11 is 15.4. The lowest BCUT2D eigenvalue weighted by molar-refractivity contribution is -0.935. The van der Waals surface area contributed by atoms with Gasteiger partial charge in [0.15, 0.2) is 22.9 Å². The number of carbonyl (C=O) groups is 2. The van der Waals surface area contributed by atoms with E-state index in [0.717, 1.165) is 69.2 Å². The van der Waals surface area contributed by atoms with Gasteiger partial charge in [0.1, 0.15) is 21.9 Å². The van der Waals surface area contributed by atoms with Crippen molar-refractivity contribution in [3.05, 3.63) is 21.4 Å². The predicted octanol–water partition coefficient (Wildman–Crippen LogP) is 4.36. The summed E-state index contributed by atoms with van der Waals surface area (Å²) in [6.45, 7) is 7.86. The van der Waals surface area contributed by atoms with Crippen molar-refractivity contribution in [2.45, 2.75) is 36.0 Å². The van der Waals surface area contributed by atoms with Crippen LogP contribution in [0, 0.1) is 5.41 Å². The minimum Gasteiger partial charge on any atom is -0.356 e. The van der Waals surface area contributed by atoms with Crippen LogP contribution in [-0.2, 0) is 0 Å². The van der Waals surface area contributed by atoms with Crippen molar-refractivity contribution >= 4 is 70.9 Å². The minimum atomic E-state index is 0.226. The van der Waals surface area contributed by atoms with E-state index in [4.69, 9.17) is 23.2 Å². The van der Waals surface area contributed by atoms with Gasteiger partial charge in [-0.3, -0.25) is 9.59 Å². The van der Waals surface area contributed by atoms with Crippen molar-refractivity contribution in [1.82, 2.24) is 19.9 Å². The first kappa shape index (κ1) is 27.9. The molecule has 0 unspecified atom stereocenters. The Hall–Kier alpha value is -1.66. The first-order chi connectivity index (χ1) is 18.3. The molecule has 0 N–H and O–H groups in total. The number of hydrogen-bond acceptors (Lipinski definition) is 10. The number of aldehydes is 2. The highest BCUT2D eigenvalue weighted by Gasteiger charge is 2.46. The highest BCUT2D eigenvalue weighted by molar-refractivity contribution is 7.98. The topological polar surface area (TPSA) is 92.2 Å². The summed E-state index contributed by atoms with van der Waals surface area (Å²) in [4.78, 5) is 45.5. The molecule has 3 fully saturated rings. The first-order valence-corrected chi connectivity index (χ1v) is 16.0. The van der Waals surface area contributed by atoms with Gasteiger partial charge in [0, 0.05) is 25.9 Å². The molecule has 3 aliphatic heterocycles. The maximum Gasteiger partial charge on any atom is 0.190 e. The third-order valence-corrected chi connectivity index (χ3v) is 10.3. The zero-order valence-corrected chi connectivity index (χ0v) is 24.8. The molecule has 2 spiro atoms. The average Bonchev–Trinajstić information content (AvgIpc) is 2.95. The molecular weight excluding hydrogens is 565 g/mol. The standard InChI is InChI=1S/C25H32Cl2N7O2S2/c1-37-23-28-19(26)17(15-35)21(30-23)32-7-3-25(4-8-32)5-11-34(12-6-25)13-9-33(10-14-34)22-18(16-36)20(27)29-24(31-22)38-2/h15-16H,3-14H2,1-2H3/q+1. The molecule has 0 amide bonds. The van der Waals surface area contributed by atoms with Gasteiger partial charge in [-0.25, -0.2) is 19.9 Å². The number of quaternary nitrogens is 1. The summed E-state index contributed by atoms with van der Waals surface area (Å²) in [5, 5.41) is 1.63. The van der Waals surface area contributed by atoms with Gasteiger partial charge >= 0.3 is 0 Å². The second-order valence-electron chi connectivity index (χ2n) is 10.4. The molecule has 2 aromatic heterocycles. The predicted molar refractivity (Wildman–Crippen MR) is 153 cm³/mol. The number of piperidine rings is 2. The van der Waals surface area contributed by atoms with Crippen LogP contribution >= 0.6 is 46.7 Å². The van der Waals surface area contributed by atoms with Gasteiger partial charge in [-0.1, -0.05) is 46.7 Å². The van der Waals surface area contributed by atoms with Crippen LogP contribution in [-0.4, -0.2) is 102 Å². The van der Waals surface area contributed by atoms with Gasteiger partial charge in [-0.2, -0.15) is 0 Å². The molecule has 3 saturated heterocycles. The van der Waals surface area contributed by atoms with Gasteiger partial charge in [-0.15, -0.1) is 0 Å². The Morgan fingerprint density at radius 2 is 1.16 bits per heavy atom. The van der Waals surface area contributed by atoms with Crippen molar-refractivity contribution in [3.63, 3.8) is 0 Å². The lowest BCUT2D eigenvalue weighted by atomic mass is 9.70. The molecule has 204 valence electrons. The summed E-state index contributed by atoms with van der Waals surface area (Å²) in [5.41, 5.74) is 1.11. The van der Waals surface area contributed by atoms with Gasteiger partial charge < -0.3 is 14.3 Å². The Balaban J connectivity index is 1.21. The molecule has 2 aromatic rings. The van der Waals surface area contributed by atoms with Crippen LogP contribution in [0.4, 0.5) is 11.6 Å². The number of halogens is 2. The smallest absolute Gasteiger partial charge is 0.190 e. The Morgan fingerprint density at radius 3 is 1.58 bits per heavy atom. The molecule has 0 radical (unpaired) electrons. The molecule has 5 heterocycles. The van der Waals surface area contributed by atoms with Crippen LogP contribution in [0.3, 0.4) is 0 Å². The van der Waals surface area contributed by atoms with Crippen LogP contribution in [0.1, 0.15) is 46.4 Å². The zero-order chi connectivity index (χ0) is 26.9. The second-order valence-corrected chi connectivity index (χ2v) is 12.7. The van der Waals surface area contributed by atoms with E-state index in [0.29, 0.717) is 38.5 Å². The molecule has 0 atom stereocenters. The Labute approximate surface area is 241 Å². The monoisotopic (exact) mass is 596 g/mol. The van der Waals surface area contributed by atoms with E-state index >= 15 is 0 Å². The van der Waals surface area contributed by atoms with Crippen molar-refractivity contribution in [3.8, 4) is 0 Å². The third kappa shape index (κ3) is 5.37. The van der Waals surface area contributed by atoms with Crippen LogP contribution in [0.25, 0.3) is 0 Å². The summed E-state index contributed by atoms with van der Waals surface area (Å²) in [5.74, 6) is 1.32. The van der Waals surface area contributed by atoms with Crippen molar-refractivity contribution in [1.29, 1.82) is 0 Å². The normalized spacial score (nSPS) is 20.6. The highest BCUT2D eigenvalue weighted by atomic mass is 35.5.